The van der Waals surface area contributed by atoms with Crippen molar-refractivity contribution in [3.8, 4) is 5.69 Å². The number of nitrogens with zero attached hydrogens (tertiary/aromatic N) is 2. The Bertz CT molecular complexity index is 1020. The average molecular weight is 361 g/mol. The normalized spacial score (nSPS) is 15.3. The van der Waals surface area contributed by atoms with Crippen LogP contribution in [0.25, 0.3) is 5.69 Å². The third-order valence-electron chi connectivity index (χ3n) is 4.70. The number of rotatable bonds is 4. The van der Waals surface area contributed by atoms with Crippen molar-refractivity contribution in [1.29, 1.82) is 0 Å². The summed E-state index contributed by atoms with van der Waals surface area (Å²) in [5.41, 5.74) is 4.47. The summed E-state index contributed by atoms with van der Waals surface area (Å²) in [6, 6.07) is 16.9. The number of hydrogen-bond donors (Lipinski definition) is 1. The average Bonchev–Trinajstić information content (AvgIpc) is 3.14. The maximum absolute atomic E-state index is 12.6. The predicted molar refractivity (Wildman–Crippen MR) is 101 cm³/mol. The number of esters is 1. The van der Waals surface area contributed by atoms with Gasteiger partial charge in [-0.15, -0.1) is 0 Å². The highest BCUT2D eigenvalue weighted by Crippen LogP contribution is 2.33. The molecule has 0 saturated carbocycles. The number of ether oxygens (including phenoxy) is 1. The predicted octanol–water partition coefficient (Wildman–Crippen LogP) is 3.73. The Kier molecular flexibility index (Phi) is 4.24. The minimum Gasteiger partial charge on any atom is -0.453 e. The first kappa shape index (κ1) is 17.0. The lowest BCUT2D eigenvalue weighted by Gasteiger charge is -2.11. The molecule has 27 heavy (non-hydrogen) atoms. The number of aryl methyl sites for hydroxylation is 1. The van der Waals surface area contributed by atoms with Crippen molar-refractivity contribution in [2.45, 2.75) is 26.4 Å². The summed E-state index contributed by atoms with van der Waals surface area (Å²) in [6.07, 6.45) is -0.489. The van der Waals surface area contributed by atoms with Crippen LogP contribution in [0, 0.1) is 13.8 Å². The number of anilines is 1. The van der Waals surface area contributed by atoms with Crippen molar-refractivity contribution < 1.29 is 14.3 Å². The Labute approximate surface area is 156 Å². The maximum Gasteiger partial charge on any atom is 0.339 e. The standard InChI is InChI=1S/C21H19N3O3/c1-13-20(14(2)24(23-13)15-8-4-3-5-9-15)22-19(25)12-18-16-10-6-7-11-17(16)21(26)27-18/h3-11,18H,12H2,1-2H3,(H,22,25)/t18-/m0/s1. The summed E-state index contributed by atoms with van der Waals surface area (Å²) >= 11 is 0. The lowest BCUT2D eigenvalue weighted by atomic mass is 10.0. The first-order valence-electron chi connectivity index (χ1n) is 8.76. The van der Waals surface area contributed by atoms with E-state index >= 15 is 0 Å². The second-order valence-corrected chi connectivity index (χ2v) is 6.53. The van der Waals surface area contributed by atoms with Gasteiger partial charge in [-0.1, -0.05) is 36.4 Å². The smallest absolute Gasteiger partial charge is 0.339 e. The first-order valence-corrected chi connectivity index (χ1v) is 8.76. The van der Waals surface area contributed by atoms with Crippen molar-refractivity contribution in [2.24, 2.45) is 0 Å². The van der Waals surface area contributed by atoms with E-state index < -0.39 is 6.10 Å². The molecule has 2 heterocycles. The van der Waals surface area contributed by atoms with Gasteiger partial charge in [0.1, 0.15) is 6.10 Å². The molecular formula is C21H19N3O3. The molecule has 0 spiro atoms. The Morgan fingerprint density at radius 2 is 1.81 bits per heavy atom. The third-order valence-corrected chi connectivity index (χ3v) is 4.70. The molecule has 0 aliphatic carbocycles. The van der Waals surface area contributed by atoms with Gasteiger partial charge in [0.2, 0.25) is 5.91 Å². The summed E-state index contributed by atoms with van der Waals surface area (Å²) in [7, 11) is 0. The SMILES string of the molecule is Cc1nn(-c2ccccc2)c(C)c1NC(=O)C[C@@H]1OC(=O)c2ccccc21. The summed E-state index contributed by atoms with van der Waals surface area (Å²) in [5, 5.41) is 7.46. The number of cyclic esters (lactones) is 1. The molecule has 6 nitrogen and oxygen atoms in total. The van der Waals surface area contributed by atoms with Gasteiger partial charge in [0.15, 0.2) is 0 Å². The van der Waals surface area contributed by atoms with Crippen LogP contribution in [0.4, 0.5) is 5.69 Å². The molecule has 0 saturated heterocycles. The number of carbonyl (C=O) groups is 2. The summed E-state index contributed by atoms with van der Waals surface area (Å²) in [5.74, 6) is -0.601. The van der Waals surface area contributed by atoms with Crippen LogP contribution in [0.1, 0.15) is 39.8 Å². The van der Waals surface area contributed by atoms with E-state index in [0.29, 0.717) is 11.3 Å². The molecular weight excluding hydrogens is 342 g/mol. The van der Waals surface area contributed by atoms with Gasteiger partial charge in [-0.2, -0.15) is 5.10 Å². The summed E-state index contributed by atoms with van der Waals surface area (Å²) in [4.78, 5) is 24.5. The van der Waals surface area contributed by atoms with Crippen molar-refractivity contribution in [3.63, 3.8) is 0 Å². The molecule has 1 amide bonds. The first-order chi connectivity index (χ1) is 13.0. The van der Waals surface area contributed by atoms with Crippen molar-refractivity contribution in [1.82, 2.24) is 9.78 Å². The van der Waals surface area contributed by atoms with Gasteiger partial charge in [0, 0.05) is 5.56 Å². The molecule has 0 unspecified atom stereocenters. The summed E-state index contributed by atoms with van der Waals surface area (Å²) in [6.45, 7) is 3.76. The van der Waals surface area contributed by atoms with Crippen molar-refractivity contribution in [2.75, 3.05) is 5.32 Å². The molecule has 4 rings (SSSR count). The second-order valence-electron chi connectivity index (χ2n) is 6.53. The molecule has 1 N–H and O–H groups in total. The maximum atomic E-state index is 12.6. The molecule has 1 aliphatic rings. The van der Waals surface area contributed by atoms with Gasteiger partial charge in [0.05, 0.1) is 34.7 Å². The van der Waals surface area contributed by atoms with Crippen LogP contribution in [0.2, 0.25) is 0 Å². The number of carbonyl (C=O) groups excluding carboxylic acids is 2. The van der Waals surface area contributed by atoms with Gasteiger partial charge in [-0.25, -0.2) is 9.48 Å². The fraction of sp³-hybridized carbons (Fsp3) is 0.190. The monoisotopic (exact) mass is 361 g/mol. The quantitative estimate of drug-likeness (QED) is 0.719. The van der Waals surface area contributed by atoms with Crippen LogP contribution in [-0.4, -0.2) is 21.7 Å². The van der Waals surface area contributed by atoms with Crippen LogP contribution in [0.15, 0.2) is 54.6 Å². The van der Waals surface area contributed by atoms with E-state index in [2.05, 4.69) is 10.4 Å². The Morgan fingerprint density at radius 3 is 2.59 bits per heavy atom. The van der Waals surface area contributed by atoms with E-state index in [-0.39, 0.29) is 18.3 Å². The van der Waals surface area contributed by atoms with Crippen molar-refractivity contribution >= 4 is 17.6 Å². The lowest BCUT2D eigenvalue weighted by molar-refractivity contribution is -0.118. The van der Waals surface area contributed by atoms with Crippen LogP contribution in [0.3, 0.4) is 0 Å². The Morgan fingerprint density at radius 1 is 1.11 bits per heavy atom. The van der Waals surface area contributed by atoms with Gasteiger partial charge in [-0.3, -0.25) is 4.79 Å². The Hall–Kier alpha value is -3.41. The zero-order valence-electron chi connectivity index (χ0n) is 15.1. The second kappa shape index (κ2) is 6.72. The zero-order valence-corrected chi connectivity index (χ0v) is 15.1. The van der Waals surface area contributed by atoms with E-state index in [1.165, 1.54) is 0 Å². The fourth-order valence-corrected chi connectivity index (χ4v) is 3.37. The molecule has 3 aromatic rings. The zero-order chi connectivity index (χ0) is 19.0. The largest absolute Gasteiger partial charge is 0.453 e. The topological polar surface area (TPSA) is 73.2 Å². The fourth-order valence-electron chi connectivity index (χ4n) is 3.37. The van der Waals surface area contributed by atoms with E-state index in [1.807, 2.05) is 56.3 Å². The molecule has 6 heteroatoms. The van der Waals surface area contributed by atoms with E-state index in [4.69, 9.17) is 4.74 Å². The number of amides is 1. The molecule has 2 aromatic carbocycles. The molecule has 0 fully saturated rings. The molecule has 1 aliphatic heterocycles. The molecule has 136 valence electrons. The van der Waals surface area contributed by atoms with E-state index in [1.54, 1.807) is 16.8 Å². The van der Waals surface area contributed by atoms with E-state index in [9.17, 15) is 9.59 Å². The van der Waals surface area contributed by atoms with Crippen LogP contribution in [-0.2, 0) is 9.53 Å². The molecule has 1 aromatic heterocycles. The van der Waals surface area contributed by atoms with E-state index in [0.717, 1.165) is 22.6 Å². The van der Waals surface area contributed by atoms with Gasteiger partial charge in [0.25, 0.3) is 0 Å². The lowest BCUT2D eigenvalue weighted by Crippen LogP contribution is -2.16. The highest BCUT2D eigenvalue weighted by molar-refractivity contribution is 5.96. The number of fused-ring (bicyclic) bond motifs is 1. The molecule has 0 bridgehead atoms. The number of aromatic nitrogens is 2. The number of para-hydroxylation sites is 1. The number of hydrogen-bond acceptors (Lipinski definition) is 4. The van der Waals surface area contributed by atoms with Crippen LogP contribution < -0.4 is 5.32 Å². The minimum atomic E-state index is -0.557. The van der Waals surface area contributed by atoms with Gasteiger partial charge >= 0.3 is 5.97 Å². The molecule has 1 atom stereocenters. The number of nitrogens with one attached hydrogen (secondary N) is 1. The van der Waals surface area contributed by atoms with Crippen molar-refractivity contribution in [3.05, 3.63) is 77.1 Å². The van der Waals surface area contributed by atoms with Gasteiger partial charge in [-0.05, 0) is 32.0 Å². The highest BCUT2D eigenvalue weighted by Gasteiger charge is 2.32. The third kappa shape index (κ3) is 3.10. The Balaban J connectivity index is 1.53. The van der Waals surface area contributed by atoms with Crippen LogP contribution in [0.5, 0.6) is 0 Å². The number of benzene rings is 2. The minimum absolute atomic E-state index is 0.0676. The summed E-state index contributed by atoms with van der Waals surface area (Å²) < 4.78 is 7.16. The van der Waals surface area contributed by atoms with Crippen LogP contribution >= 0.6 is 0 Å². The van der Waals surface area contributed by atoms with Gasteiger partial charge < -0.3 is 10.1 Å². The molecule has 0 radical (unpaired) electrons. The highest BCUT2D eigenvalue weighted by atomic mass is 16.5.